The normalized spacial score (nSPS) is 11.5. The molecule has 1 N–H and O–H groups in total. The maximum atomic E-state index is 11.8. The molecule has 0 unspecified atom stereocenters. The van der Waals surface area contributed by atoms with E-state index < -0.39 is 0 Å². The summed E-state index contributed by atoms with van der Waals surface area (Å²) < 4.78 is 0.0962. The van der Waals surface area contributed by atoms with Crippen LogP contribution in [0.25, 0.3) is 10.9 Å². The summed E-state index contributed by atoms with van der Waals surface area (Å²) in [7, 11) is 0. The Morgan fingerprint density at radius 1 is 1.32 bits per heavy atom. The van der Waals surface area contributed by atoms with Crippen molar-refractivity contribution in [2.24, 2.45) is 0 Å². The molecule has 2 aromatic rings. The lowest BCUT2D eigenvalue weighted by molar-refractivity contribution is -0.113. The zero-order chi connectivity index (χ0) is 13.9. The van der Waals surface area contributed by atoms with Gasteiger partial charge in [-0.05, 0) is 12.1 Å². The standard InChI is InChI=1S/C15H18N2OS/c1-15(2,3)19-10-14(18)17-12-8-11-6-4-5-7-13(11)16-9-12/h4-9H,10H2,1-3H3,(H,17,18). The lowest BCUT2D eigenvalue weighted by atomic mass is 10.2. The number of fused-ring (bicyclic) bond motifs is 1. The molecule has 0 spiro atoms. The number of benzene rings is 1. The highest BCUT2D eigenvalue weighted by Crippen LogP contribution is 2.23. The van der Waals surface area contributed by atoms with Gasteiger partial charge in [0.25, 0.3) is 0 Å². The Labute approximate surface area is 117 Å². The van der Waals surface area contributed by atoms with Crippen LogP contribution in [0.1, 0.15) is 20.8 Å². The number of para-hydroxylation sites is 1. The molecule has 0 bridgehead atoms. The van der Waals surface area contributed by atoms with Gasteiger partial charge in [0, 0.05) is 10.1 Å². The van der Waals surface area contributed by atoms with Crippen LogP contribution < -0.4 is 5.32 Å². The van der Waals surface area contributed by atoms with E-state index in [0.717, 1.165) is 16.6 Å². The van der Waals surface area contributed by atoms with Crippen molar-refractivity contribution in [2.75, 3.05) is 11.1 Å². The lowest BCUT2D eigenvalue weighted by Gasteiger charge is -2.17. The maximum Gasteiger partial charge on any atom is 0.234 e. The number of anilines is 1. The Morgan fingerprint density at radius 2 is 2.05 bits per heavy atom. The number of hydrogen-bond acceptors (Lipinski definition) is 3. The first-order valence-corrected chi connectivity index (χ1v) is 7.21. The van der Waals surface area contributed by atoms with Gasteiger partial charge in [-0.15, -0.1) is 11.8 Å². The molecule has 1 aromatic heterocycles. The number of aromatic nitrogens is 1. The summed E-state index contributed by atoms with van der Waals surface area (Å²) in [6.45, 7) is 6.30. The number of amides is 1. The van der Waals surface area contributed by atoms with Crippen molar-refractivity contribution >= 4 is 34.3 Å². The molecule has 0 aliphatic heterocycles. The second-order valence-electron chi connectivity index (χ2n) is 5.37. The minimum atomic E-state index is 0.0111. The molecule has 1 heterocycles. The third kappa shape index (κ3) is 4.24. The van der Waals surface area contributed by atoms with E-state index in [1.54, 1.807) is 18.0 Å². The fourth-order valence-corrected chi connectivity index (χ4v) is 2.25. The van der Waals surface area contributed by atoms with Crippen molar-refractivity contribution in [2.45, 2.75) is 25.5 Å². The summed E-state index contributed by atoms with van der Waals surface area (Å²) in [5.41, 5.74) is 1.68. The van der Waals surface area contributed by atoms with Crippen molar-refractivity contribution in [1.29, 1.82) is 0 Å². The molecular formula is C15H18N2OS. The predicted octanol–water partition coefficient (Wildman–Crippen LogP) is 3.71. The maximum absolute atomic E-state index is 11.8. The molecule has 1 amide bonds. The number of carbonyl (C=O) groups is 1. The summed E-state index contributed by atoms with van der Waals surface area (Å²) in [6.07, 6.45) is 1.70. The van der Waals surface area contributed by atoms with Crippen molar-refractivity contribution in [3.8, 4) is 0 Å². The fraction of sp³-hybridized carbons (Fsp3) is 0.333. The van der Waals surface area contributed by atoms with Crippen LogP contribution in [0.15, 0.2) is 36.5 Å². The fourth-order valence-electron chi connectivity index (χ4n) is 1.62. The van der Waals surface area contributed by atoms with Crippen LogP contribution in [0.2, 0.25) is 0 Å². The Hall–Kier alpha value is -1.55. The molecule has 0 aliphatic carbocycles. The molecule has 3 nitrogen and oxygen atoms in total. The van der Waals surface area contributed by atoms with Gasteiger partial charge in [0.05, 0.1) is 23.2 Å². The topological polar surface area (TPSA) is 42.0 Å². The van der Waals surface area contributed by atoms with Crippen LogP contribution in [0.5, 0.6) is 0 Å². The molecule has 0 atom stereocenters. The number of hydrogen-bond donors (Lipinski definition) is 1. The van der Waals surface area contributed by atoms with Gasteiger partial charge in [0.2, 0.25) is 5.91 Å². The van der Waals surface area contributed by atoms with Gasteiger partial charge in [-0.25, -0.2) is 0 Å². The SMILES string of the molecule is CC(C)(C)SCC(=O)Nc1cnc2ccccc2c1. The van der Waals surface area contributed by atoms with Crippen molar-refractivity contribution < 1.29 is 4.79 Å². The number of rotatable bonds is 3. The molecule has 0 saturated carbocycles. The van der Waals surface area contributed by atoms with E-state index in [1.165, 1.54) is 0 Å². The highest BCUT2D eigenvalue weighted by Gasteiger charge is 2.13. The average Bonchev–Trinajstić information content (AvgIpc) is 2.35. The largest absolute Gasteiger partial charge is 0.324 e. The van der Waals surface area contributed by atoms with Crippen LogP contribution in [-0.4, -0.2) is 21.4 Å². The Morgan fingerprint density at radius 3 is 2.79 bits per heavy atom. The minimum absolute atomic E-state index is 0.0111. The van der Waals surface area contributed by atoms with Crippen LogP contribution in [0.3, 0.4) is 0 Å². The van der Waals surface area contributed by atoms with Gasteiger partial charge in [0.1, 0.15) is 0 Å². The van der Waals surface area contributed by atoms with Crippen molar-refractivity contribution in [3.05, 3.63) is 36.5 Å². The Kier molecular flexibility index (Phi) is 4.10. The first-order chi connectivity index (χ1) is 8.94. The average molecular weight is 274 g/mol. The summed E-state index contributed by atoms with van der Waals surface area (Å²) in [6, 6.07) is 9.80. The molecule has 0 aliphatic rings. The first-order valence-electron chi connectivity index (χ1n) is 6.23. The molecule has 2 rings (SSSR count). The molecule has 4 heteroatoms. The van der Waals surface area contributed by atoms with Crippen LogP contribution in [-0.2, 0) is 4.79 Å². The van der Waals surface area contributed by atoms with Gasteiger partial charge in [-0.1, -0.05) is 39.0 Å². The van der Waals surface area contributed by atoms with E-state index in [1.807, 2.05) is 30.3 Å². The highest BCUT2D eigenvalue weighted by atomic mass is 32.2. The summed E-state index contributed by atoms with van der Waals surface area (Å²) in [4.78, 5) is 16.2. The number of nitrogens with zero attached hydrogens (tertiary/aromatic N) is 1. The van der Waals surface area contributed by atoms with Crippen molar-refractivity contribution in [1.82, 2.24) is 4.98 Å². The van der Waals surface area contributed by atoms with Crippen LogP contribution in [0.4, 0.5) is 5.69 Å². The molecule has 100 valence electrons. The van der Waals surface area contributed by atoms with E-state index in [0.29, 0.717) is 5.75 Å². The molecule has 0 radical (unpaired) electrons. The van der Waals surface area contributed by atoms with Gasteiger partial charge >= 0.3 is 0 Å². The van der Waals surface area contributed by atoms with Gasteiger partial charge < -0.3 is 5.32 Å². The van der Waals surface area contributed by atoms with E-state index in [4.69, 9.17) is 0 Å². The third-order valence-electron chi connectivity index (χ3n) is 2.51. The summed E-state index contributed by atoms with van der Waals surface area (Å²) in [5.74, 6) is 0.466. The second-order valence-corrected chi connectivity index (χ2v) is 7.17. The van der Waals surface area contributed by atoms with E-state index in [9.17, 15) is 4.79 Å². The van der Waals surface area contributed by atoms with Gasteiger partial charge in [-0.2, -0.15) is 0 Å². The van der Waals surface area contributed by atoms with Crippen molar-refractivity contribution in [3.63, 3.8) is 0 Å². The predicted molar refractivity (Wildman–Crippen MR) is 82.6 cm³/mol. The Balaban J connectivity index is 2.03. The first kappa shape index (κ1) is 13.9. The monoisotopic (exact) mass is 274 g/mol. The van der Waals surface area contributed by atoms with E-state index in [2.05, 4.69) is 31.1 Å². The summed E-state index contributed by atoms with van der Waals surface area (Å²) >= 11 is 1.63. The summed E-state index contributed by atoms with van der Waals surface area (Å²) in [5, 5.41) is 3.92. The van der Waals surface area contributed by atoms with E-state index in [-0.39, 0.29) is 10.7 Å². The molecule has 1 aromatic carbocycles. The van der Waals surface area contributed by atoms with E-state index >= 15 is 0 Å². The minimum Gasteiger partial charge on any atom is -0.324 e. The number of nitrogens with one attached hydrogen (secondary N) is 1. The lowest BCUT2D eigenvalue weighted by Crippen LogP contribution is -2.18. The number of thioether (sulfide) groups is 1. The molecular weight excluding hydrogens is 256 g/mol. The zero-order valence-corrected chi connectivity index (χ0v) is 12.3. The number of pyridine rings is 1. The smallest absolute Gasteiger partial charge is 0.234 e. The third-order valence-corrected chi connectivity index (χ3v) is 3.78. The van der Waals surface area contributed by atoms with Gasteiger partial charge in [-0.3, -0.25) is 9.78 Å². The molecule has 0 fully saturated rings. The molecule has 19 heavy (non-hydrogen) atoms. The van der Waals surface area contributed by atoms with Gasteiger partial charge in [0.15, 0.2) is 0 Å². The van der Waals surface area contributed by atoms with Crippen LogP contribution >= 0.6 is 11.8 Å². The zero-order valence-electron chi connectivity index (χ0n) is 11.4. The quantitative estimate of drug-likeness (QED) is 0.927. The highest BCUT2D eigenvalue weighted by molar-refractivity contribution is 8.01. The Bertz CT molecular complexity index is 590. The van der Waals surface area contributed by atoms with Crippen LogP contribution in [0, 0.1) is 0 Å². The second kappa shape index (κ2) is 5.61. The number of carbonyl (C=O) groups excluding carboxylic acids is 1. The molecule has 0 saturated heterocycles.